The number of phenols is 1. The van der Waals surface area contributed by atoms with Crippen molar-refractivity contribution in [2.24, 2.45) is 0 Å². The highest BCUT2D eigenvalue weighted by Gasteiger charge is 2.28. The molecule has 1 aliphatic carbocycles. The molecule has 0 saturated carbocycles. The van der Waals surface area contributed by atoms with Crippen LogP contribution in [0.2, 0.25) is 0 Å². The number of phenolic OH excluding ortho intramolecular Hbond substituents is 1. The Kier molecular flexibility index (Phi) is 1.92. The maximum absolute atomic E-state index is 11.0. The van der Waals surface area contributed by atoms with Crippen molar-refractivity contribution in [3.8, 4) is 16.9 Å². The Labute approximate surface area is 97.3 Å². The fourth-order valence-electron chi connectivity index (χ4n) is 2.36. The summed E-state index contributed by atoms with van der Waals surface area (Å²) in [5, 5.41) is 20.8. The van der Waals surface area contributed by atoms with E-state index in [4.69, 9.17) is 0 Å². The first-order valence-corrected chi connectivity index (χ1v) is 5.26. The van der Waals surface area contributed by atoms with E-state index in [1.807, 2.05) is 24.3 Å². The van der Waals surface area contributed by atoms with Gasteiger partial charge in [0, 0.05) is 18.1 Å². The van der Waals surface area contributed by atoms with Crippen LogP contribution in [0, 0.1) is 10.1 Å². The maximum atomic E-state index is 11.0. The quantitative estimate of drug-likeness (QED) is 0.513. The number of hydrogen-bond donors (Lipinski definition) is 1. The van der Waals surface area contributed by atoms with Gasteiger partial charge in [-0.15, -0.1) is 0 Å². The summed E-state index contributed by atoms with van der Waals surface area (Å²) in [5.74, 6) is 0.127. The highest BCUT2D eigenvalue weighted by molar-refractivity contribution is 5.85. The molecule has 1 N–H and O–H groups in total. The third kappa shape index (κ3) is 1.30. The van der Waals surface area contributed by atoms with Crippen molar-refractivity contribution in [2.45, 2.75) is 6.42 Å². The van der Waals surface area contributed by atoms with Crippen LogP contribution in [0.15, 0.2) is 36.4 Å². The lowest BCUT2D eigenvalue weighted by Crippen LogP contribution is -1.92. The molecule has 0 fully saturated rings. The third-order valence-electron chi connectivity index (χ3n) is 3.12. The Morgan fingerprint density at radius 1 is 1.18 bits per heavy atom. The summed E-state index contributed by atoms with van der Waals surface area (Å²) in [6.07, 6.45) is 0.555. The number of benzene rings is 2. The lowest BCUT2D eigenvalue weighted by molar-refractivity contribution is -0.384. The molecule has 0 radical (unpaired) electrons. The van der Waals surface area contributed by atoms with Crippen LogP contribution >= 0.6 is 0 Å². The van der Waals surface area contributed by atoms with Crippen LogP contribution in [0.3, 0.4) is 0 Å². The second-order valence-electron chi connectivity index (χ2n) is 4.05. The van der Waals surface area contributed by atoms with Gasteiger partial charge in [-0.2, -0.15) is 0 Å². The highest BCUT2D eigenvalue weighted by Crippen LogP contribution is 2.45. The number of nitro benzene ring substituents is 1. The first-order valence-electron chi connectivity index (χ1n) is 5.26. The first kappa shape index (κ1) is 9.84. The van der Waals surface area contributed by atoms with Gasteiger partial charge in [-0.3, -0.25) is 10.1 Å². The average Bonchev–Trinajstić information content (AvgIpc) is 2.69. The lowest BCUT2D eigenvalue weighted by atomic mass is 10.0. The summed E-state index contributed by atoms with van der Waals surface area (Å²) >= 11 is 0. The Hall–Kier alpha value is -2.36. The van der Waals surface area contributed by atoms with Crippen molar-refractivity contribution in [1.82, 2.24) is 0 Å². The van der Waals surface area contributed by atoms with Crippen LogP contribution < -0.4 is 0 Å². The van der Waals surface area contributed by atoms with Crippen LogP contribution in [-0.2, 0) is 6.42 Å². The van der Waals surface area contributed by atoms with Gasteiger partial charge in [0.25, 0.3) is 5.69 Å². The predicted octanol–water partition coefficient (Wildman–Crippen LogP) is 2.87. The van der Waals surface area contributed by atoms with Gasteiger partial charge in [0.2, 0.25) is 0 Å². The summed E-state index contributed by atoms with van der Waals surface area (Å²) in [4.78, 5) is 10.6. The second-order valence-corrected chi connectivity index (χ2v) is 4.05. The minimum atomic E-state index is -0.402. The Morgan fingerprint density at radius 3 is 2.71 bits per heavy atom. The molecule has 4 nitrogen and oxygen atoms in total. The van der Waals surface area contributed by atoms with Crippen LogP contribution in [0.4, 0.5) is 5.69 Å². The van der Waals surface area contributed by atoms with E-state index in [0.29, 0.717) is 17.5 Å². The fourth-order valence-corrected chi connectivity index (χ4v) is 2.36. The van der Waals surface area contributed by atoms with Gasteiger partial charge < -0.3 is 5.11 Å². The Balaban J connectivity index is 2.37. The molecule has 84 valence electrons. The van der Waals surface area contributed by atoms with Gasteiger partial charge in [0.1, 0.15) is 5.75 Å². The molecular weight excluding hydrogens is 218 g/mol. The molecule has 4 heteroatoms. The van der Waals surface area contributed by atoms with E-state index < -0.39 is 4.92 Å². The van der Waals surface area contributed by atoms with Crippen molar-refractivity contribution < 1.29 is 10.0 Å². The Morgan fingerprint density at radius 2 is 1.94 bits per heavy atom. The first-order chi connectivity index (χ1) is 8.18. The van der Waals surface area contributed by atoms with Crippen LogP contribution in [0.5, 0.6) is 5.75 Å². The van der Waals surface area contributed by atoms with E-state index in [1.165, 1.54) is 12.1 Å². The molecule has 0 unspecified atom stereocenters. The molecule has 1 aliphatic rings. The summed E-state index contributed by atoms with van der Waals surface area (Å²) in [5.41, 5.74) is 3.14. The standard InChI is InChI=1S/C13H9NO3/c15-12-6-5-11(14(16)17)13-9-4-2-1-3-8(9)7-10(12)13/h1-6,15H,7H2. The second kappa shape index (κ2) is 3.31. The zero-order valence-corrected chi connectivity index (χ0v) is 8.88. The van der Waals surface area contributed by atoms with Crippen molar-refractivity contribution in [3.05, 3.63) is 57.6 Å². The van der Waals surface area contributed by atoms with Gasteiger partial charge in [0.05, 0.1) is 10.5 Å². The molecule has 0 saturated heterocycles. The fraction of sp³-hybridized carbons (Fsp3) is 0.0769. The number of fused-ring (bicyclic) bond motifs is 3. The molecule has 0 aromatic heterocycles. The summed E-state index contributed by atoms with van der Waals surface area (Å²) in [6.45, 7) is 0. The van der Waals surface area contributed by atoms with Crippen LogP contribution in [-0.4, -0.2) is 10.0 Å². The molecule has 3 rings (SSSR count). The zero-order chi connectivity index (χ0) is 12.0. The number of nitrogens with zero attached hydrogens (tertiary/aromatic N) is 1. The largest absolute Gasteiger partial charge is 0.508 e. The van der Waals surface area contributed by atoms with Gasteiger partial charge in [-0.1, -0.05) is 24.3 Å². The topological polar surface area (TPSA) is 63.4 Å². The maximum Gasteiger partial charge on any atom is 0.277 e. The van der Waals surface area contributed by atoms with E-state index >= 15 is 0 Å². The monoisotopic (exact) mass is 227 g/mol. The molecule has 0 heterocycles. The number of aromatic hydroxyl groups is 1. The average molecular weight is 227 g/mol. The number of nitro groups is 1. The van der Waals surface area contributed by atoms with E-state index in [9.17, 15) is 15.2 Å². The van der Waals surface area contributed by atoms with E-state index in [1.54, 1.807) is 0 Å². The third-order valence-corrected chi connectivity index (χ3v) is 3.12. The molecule has 0 spiro atoms. The van der Waals surface area contributed by atoms with Gasteiger partial charge in [0.15, 0.2) is 0 Å². The van der Waals surface area contributed by atoms with Crippen LogP contribution in [0.25, 0.3) is 11.1 Å². The SMILES string of the molecule is O=[N+]([O-])c1ccc(O)c2c1-c1ccccc1C2. The minimum absolute atomic E-state index is 0.0581. The molecule has 2 aromatic rings. The van der Waals surface area contributed by atoms with E-state index in [0.717, 1.165) is 11.1 Å². The zero-order valence-electron chi connectivity index (χ0n) is 8.88. The van der Waals surface area contributed by atoms with E-state index in [2.05, 4.69) is 0 Å². The van der Waals surface area contributed by atoms with Crippen molar-refractivity contribution in [2.75, 3.05) is 0 Å². The van der Waals surface area contributed by atoms with Crippen molar-refractivity contribution in [3.63, 3.8) is 0 Å². The van der Waals surface area contributed by atoms with Gasteiger partial charge in [-0.05, 0) is 17.2 Å². The van der Waals surface area contributed by atoms with E-state index in [-0.39, 0.29) is 11.4 Å². The lowest BCUT2D eigenvalue weighted by Gasteiger charge is -2.03. The van der Waals surface area contributed by atoms with Crippen molar-refractivity contribution in [1.29, 1.82) is 0 Å². The van der Waals surface area contributed by atoms with Crippen LogP contribution in [0.1, 0.15) is 11.1 Å². The predicted molar refractivity (Wildman–Crippen MR) is 63.0 cm³/mol. The molecule has 0 bridgehead atoms. The van der Waals surface area contributed by atoms with Crippen molar-refractivity contribution >= 4 is 5.69 Å². The highest BCUT2D eigenvalue weighted by atomic mass is 16.6. The molecular formula is C13H9NO3. The van der Waals surface area contributed by atoms with Gasteiger partial charge in [-0.25, -0.2) is 0 Å². The molecule has 0 aliphatic heterocycles. The molecule has 0 atom stereocenters. The smallest absolute Gasteiger partial charge is 0.277 e. The molecule has 0 amide bonds. The normalized spacial score (nSPS) is 12.0. The van der Waals surface area contributed by atoms with Gasteiger partial charge >= 0.3 is 0 Å². The summed E-state index contributed by atoms with van der Waals surface area (Å²) < 4.78 is 0. The molecule has 2 aromatic carbocycles. The minimum Gasteiger partial charge on any atom is -0.508 e. The number of hydrogen-bond acceptors (Lipinski definition) is 3. The Bertz CT molecular complexity index is 635. The summed E-state index contributed by atoms with van der Waals surface area (Å²) in [7, 11) is 0. The summed E-state index contributed by atoms with van der Waals surface area (Å²) in [6, 6.07) is 10.3. The molecule has 17 heavy (non-hydrogen) atoms. The number of rotatable bonds is 1.